The highest BCUT2D eigenvalue weighted by Crippen LogP contribution is 2.41. The smallest absolute Gasteiger partial charge is 0.0649 e. The van der Waals surface area contributed by atoms with Gasteiger partial charge in [0.1, 0.15) is 0 Å². The quantitative estimate of drug-likeness (QED) is 0.451. The lowest BCUT2D eigenvalue weighted by Crippen LogP contribution is -2.30. The van der Waals surface area contributed by atoms with Crippen LogP contribution in [0, 0.1) is 10.8 Å². The molecule has 1 nitrogen and oxygen atoms in total. The molecule has 1 aliphatic carbocycles. The van der Waals surface area contributed by atoms with Crippen LogP contribution in [-0.4, -0.2) is 12.2 Å². The Hall–Kier alpha value is -0.820. The van der Waals surface area contributed by atoms with Crippen LogP contribution in [0.5, 0.6) is 0 Å². The Bertz CT molecular complexity index is 443. The van der Waals surface area contributed by atoms with Crippen molar-refractivity contribution in [3.8, 4) is 0 Å². The molecule has 0 saturated heterocycles. The molecule has 132 valence electrons. The number of ether oxygens (including phenoxy) is 1. The van der Waals surface area contributed by atoms with Crippen LogP contribution in [-0.2, 0) is 4.74 Å². The fourth-order valence-electron chi connectivity index (χ4n) is 3.27. The van der Waals surface area contributed by atoms with E-state index < -0.39 is 0 Å². The molecule has 0 bridgehead atoms. The SMILES string of the molecule is CCC(C)(CC)OCCC(CC)(CC)C1=CC=CC(C)(C)C=C1. The van der Waals surface area contributed by atoms with Crippen molar-refractivity contribution in [2.24, 2.45) is 10.8 Å². The van der Waals surface area contributed by atoms with E-state index in [0.717, 1.165) is 38.7 Å². The van der Waals surface area contributed by atoms with Gasteiger partial charge in [-0.05, 0) is 50.0 Å². The van der Waals surface area contributed by atoms with Gasteiger partial charge in [0.25, 0.3) is 0 Å². The number of allylic oxidation sites excluding steroid dienone is 6. The van der Waals surface area contributed by atoms with Crippen molar-refractivity contribution in [3.63, 3.8) is 0 Å². The molecule has 0 unspecified atom stereocenters. The largest absolute Gasteiger partial charge is 0.375 e. The maximum atomic E-state index is 6.28. The first-order valence-corrected chi connectivity index (χ1v) is 9.49. The molecule has 0 N–H and O–H groups in total. The van der Waals surface area contributed by atoms with Gasteiger partial charge in [0.15, 0.2) is 0 Å². The summed E-state index contributed by atoms with van der Waals surface area (Å²) in [7, 11) is 0. The lowest BCUT2D eigenvalue weighted by molar-refractivity contribution is -0.0472. The van der Waals surface area contributed by atoms with E-state index in [1.807, 2.05) is 0 Å². The molecule has 0 amide bonds. The Balaban J connectivity index is 2.88. The summed E-state index contributed by atoms with van der Waals surface area (Å²) < 4.78 is 6.28. The van der Waals surface area contributed by atoms with Crippen LogP contribution in [0.4, 0.5) is 0 Å². The molecule has 0 fully saturated rings. The lowest BCUT2D eigenvalue weighted by atomic mass is 9.72. The summed E-state index contributed by atoms with van der Waals surface area (Å²) in [6.45, 7) is 16.7. The average molecular weight is 319 g/mol. The Morgan fingerprint density at radius 1 is 0.957 bits per heavy atom. The molecule has 23 heavy (non-hydrogen) atoms. The molecule has 0 aromatic carbocycles. The summed E-state index contributed by atoms with van der Waals surface area (Å²) in [4.78, 5) is 0. The zero-order chi connectivity index (χ0) is 17.6. The van der Waals surface area contributed by atoms with Crippen molar-refractivity contribution in [1.29, 1.82) is 0 Å². The van der Waals surface area contributed by atoms with Gasteiger partial charge in [-0.1, -0.05) is 71.9 Å². The van der Waals surface area contributed by atoms with E-state index in [1.165, 1.54) is 5.57 Å². The second kappa shape index (κ2) is 8.33. The first kappa shape index (κ1) is 20.2. The highest BCUT2D eigenvalue weighted by atomic mass is 16.5. The van der Waals surface area contributed by atoms with E-state index in [2.05, 4.69) is 78.8 Å². The van der Waals surface area contributed by atoms with Gasteiger partial charge in [0.2, 0.25) is 0 Å². The predicted octanol–water partition coefficient (Wildman–Crippen LogP) is 6.86. The third-order valence-electron chi connectivity index (χ3n) is 5.99. The van der Waals surface area contributed by atoms with Crippen LogP contribution < -0.4 is 0 Å². The van der Waals surface area contributed by atoms with E-state index in [4.69, 9.17) is 4.74 Å². The lowest BCUT2D eigenvalue weighted by Gasteiger charge is -2.35. The van der Waals surface area contributed by atoms with Crippen LogP contribution in [0.1, 0.15) is 80.6 Å². The molecule has 1 heteroatoms. The van der Waals surface area contributed by atoms with Gasteiger partial charge in [-0.3, -0.25) is 0 Å². The third kappa shape index (κ3) is 5.35. The molecule has 1 rings (SSSR count). The van der Waals surface area contributed by atoms with Crippen molar-refractivity contribution < 1.29 is 4.74 Å². The van der Waals surface area contributed by atoms with E-state index in [0.29, 0.717) is 0 Å². The monoisotopic (exact) mass is 318 g/mol. The molecule has 0 aromatic rings. The van der Waals surface area contributed by atoms with Gasteiger partial charge in [-0.25, -0.2) is 0 Å². The van der Waals surface area contributed by atoms with Crippen molar-refractivity contribution >= 4 is 0 Å². The summed E-state index contributed by atoms with van der Waals surface area (Å²) in [6, 6.07) is 0. The summed E-state index contributed by atoms with van der Waals surface area (Å²) in [6.07, 6.45) is 17.1. The van der Waals surface area contributed by atoms with Crippen LogP contribution in [0.15, 0.2) is 36.0 Å². The van der Waals surface area contributed by atoms with E-state index in [-0.39, 0.29) is 16.4 Å². The highest BCUT2D eigenvalue weighted by molar-refractivity contribution is 5.35. The van der Waals surface area contributed by atoms with Gasteiger partial charge in [0.05, 0.1) is 5.60 Å². The molecule has 0 aromatic heterocycles. The summed E-state index contributed by atoms with van der Waals surface area (Å²) in [5.74, 6) is 0. The normalized spacial score (nSPS) is 18.0. The summed E-state index contributed by atoms with van der Waals surface area (Å²) >= 11 is 0. The maximum absolute atomic E-state index is 6.28. The molecule has 0 radical (unpaired) electrons. The van der Waals surface area contributed by atoms with Gasteiger partial charge < -0.3 is 4.74 Å². The zero-order valence-electron chi connectivity index (χ0n) is 16.5. The van der Waals surface area contributed by atoms with Crippen LogP contribution in [0.2, 0.25) is 0 Å². The minimum atomic E-state index is 0.0305. The van der Waals surface area contributed by atoms with Crippen molar-refractivity contribution in [2.75, 3.05) is 6.61 Å². The van der Waals surface area contributed by atoms with Crippen molar-refractivity contribution in [3.05, 3.63) is 36.0 Å². The van der Waals surface area contributed by atoms with E-state index in [1.54, 1.807) is 0 Å². The van der Waals surface area contributed by atoms with Gasteiger partial charge in [-0.2, -0.15) is 0 Å². The molecule has 0 spiro atoms. The minimum absolute atomic E-state index is 0.0305. The third-order valence-corrected chi connectivity index (χ3v) is 5.99. The number of hydrogen-bond acceptors (Lipinski definition) is 1. The predicted molar refractivity (Wildman–Crippen MR) is 103 cm³/mol. The Morgan fingerprint density at radius 2 is 1.57 bits per heavy atom. The van der Waals surface area contributed by atoms with Crippen LogP contribution in [0.25, 0.3) is 0 Å². The van der Waals surface area contributed by atoms with Crippen LogP contribution >= 0.6 is 0 Å². The summed E-state index contributed by atoms with van der Waals surface area (Å²) in [5.41, 5.74) is 1.86. The molecule has 0 saturated carbocycles. The van der Waals surface area contributed by atoms with Crippen LogP contribution in [0.3, 0.4) is 0 Å². The molecular formula is C22H38O. The first-order valence-electron chi connectivity index (χ1n) is 9.49. The fourth-order valence-corrected chi connectivity index (χ4v) is 3.27. The molecule has 1 aliphatic rings. The fraction of sp³-hybridized carbons (Fsp3) is 0.727. The Labute approximate surface area is 144 Å². The van der Waals surface area contributed by atoms with Crippen molar-refractivity contribution in [1.82, 2.24) is 0 Å². The Morgan fingerprint density at radius 3 is 2.09 bits per heavy atom. The second-order valence-corrected chi connectivity index (χ2v) is 7.88. The van der Waals surface area contributed by atoms with E-state index in [9.17, 15) is 0 Å². The zero-order valence-corrected chi connectivity index (χ0v) is 16.5. The first-order chi connectivity index (χ1) is 10.8. The molecule has 0 heterocycles. The maximum Gasteiger partial charge on any atom is 0.0649 e. The topological polar surface area (TPSA) is 9.23 Å². The molecule has 0 atom stereocenters. The van der Waals surface area contributed by atoms with Gasteiger partial charge >= 0.3 is 0 Å². The number of hydrogen-bond donors (Lipinski definition) is 0. The minimum Gasteiger partial charge on any atom is -0.375 e. The van der Waals surface area contributed by atoms with Gasteiger partial charge in [-0.15, -0.1) is 0 Å². The highest BCUT2D eigenvalue weighted by Gasteiger charge is 2.31. The van der Waals surface area contributed by atoms with Crippen molar-refractivity contribution in [2.45, 2.75) is 86.2 Å². The number of rotatable bonds is 9. The Kier molecular flexibility index (Phi) is 7.32. The van der Waals surface area contributed by atoms with E-state index >= 15 is 0 Å². The van der Waals surface area contributed by atoms with Gasteiger partial charge in [0, 0.05) is 12.0 Å². The summed E-state index contributed by atoms with van der Waals surface area (Å²) in [5, 5.41) is 0. The second-order valence-electron chi connectivity index (χ2n) is 7.88. The standard InChI is InChI=1S/C22H38O/c1-8-21(7,9-2)23-18-17-22(10-3,11-4)19-13-12-15-20(5,6)16-14-19/h12-16H,8-11,17-18H2,1-7H3. The average Bonchev–Trinajstić information content (AvgIpc) is 2.73. The molecular weight excluding hydrogens is 280 g/mol. The molecule has 0 aliphatic heterocycles.